The van der Waals surface area contributed by atoms with Crippen LogP contribution >= 0.6 is 23.2 Å². The van der Waals surface area contributed by atoms with Gasteiger partial charge in [-0.3, -0.25) is 9.78 Å². The lowest BCUT2D eigenvalue weighted by atomic mass is 10.2. The van der Waals surface area contributed by atoms with Gasteiger partial charge in [0.25, 0.3) is 5.56 Å². The molecular weight excluding hydrogens is 427 g/mol. The molecule has 0 radical (unpaired) electrons. The fraction of sp³-hybridized carbons (Fsp3) is 0.190. The van der Waals surface area contributed by atoms with Gasteiger partial charge in [0.05, 0.1) is 13.3 Å². The smallest absolute Gasteiger partial charge is 0.255 e. The maximum Gasteiger partial charge on any atom is 0.255 e. The quantitative estimate of drug-likeness (QED) is 0.404. The Morgan fingerprint density at radius 1 is 1.17 bits per heavy atom. The van der Waals surface area contributed by atoms with Crippen molar-refractivity contribution >= 4 is 35.4 Å². The molecule has 0 saturated heterocycles. The standard InChI is InChI=1S/C21H20Cl2N4O3/c1-12-13(2)25-21(26-20(12)28)27-24-10-14-7-8-18(19(9-14)29-3)30-11-15-16(22)5-4-6-17(15)23/h4-10H,11H2,1-3H3,(H2,25,26,27,28)/b24-10-. The van der Waals surface area contributed by atoms with Crippen LogP contribution in [0.15, 0.2) is 46.3 Å². The van der Waals surface area contributed by atoms with Crippen molar-refractivity contribution < 1.29 is 9.47 Å². The van der Waals surface area contributed by atoms with Gasteiger partial charge in [-0.25, -0.2) is 10.4 Å². The highest BCUT2D eigenvalue weighted by atomic mass is 35.5. The van der Waals surface area contributed by atoms with Gasteiger partial charge in [-0.2, -0.15) is 5.10 Å². The molecule has 2 N–H and O–H groups in total. The number of hydrazone groups is 1. The molecule has 0 aliphatic rings. The van der Waals surface area contributed by atoms with E-state index in [1.807, 2.05) is 6.07 Å². The first-order chi connectivity index (χ1) is 14.4. The highest BCUT2D eigenvalue weighted by molar-refractivity contribution is 6.35. The molecule has 1 aromatic heterocycles. The molecule has 3 aromatic rings. The molecule has 0 aliphatic heterocycles. The van der Waals surface area contributed by atoms with E-state index < -0.39 is 0 Å². The number of hydrogen-bond acceptors (Lipinski definition) is 6. The van der Waals surface area contributed by atoms with Crippen LogP contribution in [0.25, 0.3) is 0 Å². The van der Waals surface area contributed by atoms with Gasteiger partial charge in [-0.15, -0.1) is 0 Å². The third kappa shape index (κ3) is 5.11. The molecule has 0 amide bonds. The van der Waals surface area contributed by atoms with Gasteiger partial charge in [-0.1, -0.05) is 29.3 Å². The van der Waals surface area contributed by atoms with E-state index in [1.54, 1.807) is 57.5 Å². The van der Waals surface area contributed by atoms with Crippen molar-refractivity contribution in [2.75, 3.05) is 12.5 Å². The number of H-pyrrole nitrogens is 1. The summed E-state index contributed by atoms with van der Waals surface area (Å²) in [7, 11) is 1.55. The summed E-state index contributed by atoms with van der Waals surface area (Å²) in [6.45, 7) is 3.68. The van der Waals surface area contributed by atoms with Crippen molar-refractivity contribution in [2.24, 2.45) is 5.10 Å². The molecule has 0 saturated carbocycles. The van der Waals surface area contributed by atoms with Crippen LogP contribution in [0.4, 0.5) is 5.95 Å². The molecule has 0 unspecified atom stereocenters. The zero-order valence-corrected chi connectivity index (χ0v) is 18.1. The van der Waals surface area contributed by atoms with Crippen LogP contribution in [0.2, 0.25) is 10.0 Å². The maximum atomic E-state index is 11.8. The molecule has 0 bridgehead atoms. The minimum Gasteiger partial charge on any atom is -0.493 e. The molecule has 3 rings (SSSR count). The van der Waals surface area contributed by atoms with Crippen molar-refractivity contribution in [2.45, 2.75) is 20.5 Å². The van der Waals surface area contributed by atoms with E-state index in [4.69, 9.17) is 32.7 Å². The lowest BCUT2D eigenvalue weighted by Crippen LogP contribution is -2.15. The van der Waals surface area contributed by atoms with Crippen LogP contribution in [-0.2, 0) is 6.61 Å². The average molecular weight is 447 g/mol. The second-order valence-electron chi connectivity index (χ2n) is 6.39. The Morgan fingerprint density at radius 2 is 1.90 bits per heavy atom. The van der Waals surface area contributed by atoms with Gasteiger partial charge in [0, 0.05) is 26.9 Å². The molecule has 0 aliphatic carbocycles. The first-order valence-electron chi connectivity index (χ1n) is 8.99. The van der Waals surface area contributed by atoms with Crippen LogP contribution < -0.4 is 20.5 Å². The van der Waals surface area contributed by atoms with Crippen LogP contribution in [0.3, 0.4) is 0 Å². The molecule has 2 aromatic carbocycles. The summed E-state index contributed by atoms with van der Waals surface area (Å²) in [6, 6.07) is 10.6. The number of ether oxygens (including phenoxy) is 2. The Balaban J connectivity index is 1.71. The molecule has 1 heterocycles. The largest absolute Gasteiger partial charge is 0.493 e. The lowest BCUT2D eigenvalue weighted by molar-refractivity contribution is 0.284. The number of benzene rings is 2. The zero-order valence-electron chi connectivity index (χ0n) is 16.6. The molecular formula is C21H20Cl2N4O3. The Morgan fingerprint density at radius 3 is 2.57 bits per heavy atom. The first-order valence-corrected chi connectivity index (χ1v) is 9.75. The third-order valence-corrected chi connectivity index (χ3v) is 5.11. The number of nitrogens with zero attached hydrogens (tertiary/aromatic N) is 2. The summed E-state index contributed by atoms with van der Waals surface area (Å²) in [5.74, 6) is 1.33. The highest BCUT2D eigenvalue weighted by Crippen LogP contribution is 2.31. The van der Waals surface area contributed by atoms with Crippen LogP contribution in [0, 0.1) is 13.8 Å². The van der Waals surface area contributed by atoms with E-state index in [0.717, 1.165) is 5.56 Å². The molecule has 0 atom stereocenters. The van der Waals surface area contributed by atoms with Crippen molar-refractivity contribution in [1.29, 1.82) is 0 Å². The number of aromatic amines is 1. The van der Waals surface area contributed by atoms with Gasteiger partial charge < -0.3 is 9.47 Å². The van der Waals surface area contributed by atoms with E-state index in [9.17, 15) is 4.79 Å². The normalized spacial score (nSPS) is 11.0. The maximum absolute atomic E-state index is 11.8. The topological polar surface area (TPSA) is 88.6 Å². The third-order valence-electron chi connectivity index (χ3n) is 4.40. The first kappa shape index (κ1) is 21.7. The summed E-state index contributed by atoms with van der Waals surface area (Å²) in [5, 5.41) is 5.18. The van der Waals surface area contributed by atoms with Crippen molar-refractivity contribution in [3.05, 3.63) is 79.2 Å². The zero-order chi connectivity index (χ0) is 21.7. The Kier molecular flexibility index (Phi) is 6.97. The summed E-state index contributed by atoms with van der Waals surface area (Å²) in [6.07, 6.45) is 1.58. The minimum atomic E-state index is -0.206. The predicted molar refractivity (Wildman–Crippen MR) is 119 cm³/mol. The van der Waals surface area contributed by atoms with Crippen LogP contribution in [-0.4, -0.2) is 23.3 Å². The summed E-state index contributed by atoms with van der Waals surface area (Å²) >= 11 is 12.4. The minimum absolute atomic E-state index is 0.204. The molecule has 9 heteroatoms. The lowest BCUT2D eigenvalue weighted by Gasteiger charge is -2.13. The Bertz CT molecular complexity index is 1130. The van der Waals surface area contributed by atoms with E-state index in [-0.39, 0.29) is 18.1 Å². The summed E-state index contributed by atoms with van der Waals surface area (Å²) in [4.78, 5) is 18.6. The molecule has 30 heavy (non-hydrogen) atoms. The number of nitrogens with one attached hydrogen (secondary N) is 2. The fourth-order valence-corrected chi connectivity index (χ4v) is 3.08. The number of anilines is 1. The van der Waals surface area contributed by atoms with E-state index in [1.165, 1.54) is 0 Å². The number of halogens is 2. The van der Waals surface area contributed by atoms with E-state index in [0.29, 0.717) is 38.4 Å². The summed E-state index contributed by atoms with van der Waals surface area (Å²) < 4.78 is 11.2. The Labute approximate surface area is 183 Å². The fourth-order valence-electron chi connectivity index (χ4n) is 2.57. The second kappa shape index (κ2) is 9.65. The number of aryl methyl sites for hydroxylation is 1. The highest BCUT2D eigenvalue weighted by Gasteiger charge is 2.10. The Hall–Kier alpha value is -3.03. The second-order valence-corrected chi connectivity index (χ2v) is 7.21. The molecule has 0 spiro atoms. The van der Waals surface area contributed by atoms with Crippen molar-refractivity contribution in [3.8, 4) is 11.5 Å². The molecule has 0 fully saturated rings. The van der Waals surface area contributed by atoms with E-state index >= 15 is 0 Å². The predicted octanol–water partition coefficient (Wildman–Crippen LogP) is 4.73. The number of hydrogen-bond donors (Lipinski definition) is 2. The van der Waals surface area contributed by atoms with Crippen molar-refractivity contribution in [1.82, 2.24) is 9.97 Å². The number of aromatic nitrogens is 2. The van der Waals surface area contributed by atoms with Crippen LogP contribution in [0.5, 0.6) is 11.5 Å². The summed E-state index contributed by atoms with van der Waals surface area (Å²) in [5.41, 5.74) is 5.18. The average Bonchev–Trinajstić information content (AvgIpc) is 2.72. The number of rotatable bonds is 7. The molecule has 7 nitrogen and oxygen atoms in total. The number of methoxy groups -OCH3 is 1. The van der Waals surface area contributed by atoms with Gasteiger partial charge in [0.1, 0.15) is 6.61 Å². The van der Waals surface area contributed by atoms with Gasteiger partial charge in [0.15, 0.2) is 11.5 Å². The van der Waals surface area contributed by atoms with Gasteiger partial charge in [-0.05, 0) is 49.7 Å². The van der Waals surface area contributed by atoms with Gasteiger partial charge in [0.2, 0.25) is 5.95 Å². The molecule has 156 valence electrons. The SMILES string of the molecule is COc1cc(/C=N\Nc2nc(C)c(C)c(=O)[nH]2)ccc1OCc1c(Cl)cccc1Cl. The van der Waals surface area contributed by atoms with E-state index in [2.05, 4.69) is 20.5 Å². The van der Waals surface area contributed by atoms with Crippen molar-refractivity contribution in [3.63, 3.8) is 0 Å². The van der Waals surface area contributed by atoms with Gasteiger partial charge >= 0.3 is 0 Å². The monoisotopic (exact) mass is 446 g/mol. The van der Waals surface area contributed by atoms with Crippen LogP contribution in [0.1, 0.15) is 22.4 Å².